The molecule has 6 nitrogen and oxygen atoms in total. The number of carbonyl (C=O) groups excluding carboxylic acids is 2. The summed E-state index contributed by atoms with van der Waals surface area (Å²) in [7, 11) is 0. The molecule has 1 aromatic heterocycles. The van der Waals surface area contributed by atoms with Gasteiger partial charge in [0.1, 0.15) is 12.4 Å². The van der Waals surface area contributed by atoms with Gasteiger partial charge in [0, 0.05) is 16.6 Å². The van der Waals surface area contributed by atoms with Gasteiger partial charge >= 0.3 is 5.97 Å². The lowest BCUT2D eigenvalue weighted by Gasteiger charge is -2.17. The van der Waals surface area contributed by atoms with Crippen LogP contribution in [-0.4, -0.2) is 23.5 Å². The summed E-state index contributed by atoms with van der Waals surface area (Å²) in [5, 5.41) is 3.81. The number of pyridine rings is 1. The van der Waals surface area contributed by atoms with Crippen molar-refractivity contribution in [3.8, 4) is 17.0 Å². The van der Waals surface area contributed by atoms with Crippen molar-refractivity contribution in [1.82, 2.24) is 4.98 Å². The number of nitrogens with zero attached hydrogens (tertiary/aromatic N) is 1. The normalized spacial score (nSPS) is 10.8. The van der Waals surface area contributed by atoms with Crippen molar-refractivity contribution in [2.24, 2.45) is 0 Å². The van der Waals surface area contributed by atoms with Gasteiger partial charge in [-0.1, -0.05) is 42.0 Å². The Balaban J connectivity index is 1.48. The number of aryl methyl sites for hydroxylation is 2. The molecule has 0 spiro atoms. The van der Waals surface area contributed by atoms with Crippen molar-refractivity contribution in [1.29, 1.82) is 0 Å². The van der Waals surface area contributed by atoms with E-state index in [1.807, 2.05) is 81.4 Å². The van der Waals surface area contributed by atoms with E-state index in [0.29, 0.717) is 30.0 Å². The van der Waals surface area contributed by atoms with Crippen LogP contribution in [0, 0.1) is 20.8 Å². The summed E-state index contributed by atoms with van der Waals surface area (Å²) in [6.45, 7) is 8.50. The van der Waals surface area contributed by atoms with Crippen LogP contribution >= 0.6 is 0 Å². The molecule has 6 heteroatoms. The van der Waals surface area contributed by atoms with E-state index in [9.17, 15) is 9.59 Å². The fraction of sp³-hybridized carbons (Fsp3) is 0.171. The van der Waals surface area contributed by atoms with Gasteiger partial charge in [0.25, 0.3) is 5.91 Å². The van der Waals surface area contributed by atoms with Crippen molar-refractivity contribution in [3.05, 3.63) is 124 Å². The molecule has 206 valence electrons. The van der Waals surface area contributed by atoms with E-state index in [1.54, 1.807) is 31.2 Å². The van der Waals surface area contributed by atoms with Crippen molar-refractivity contribution in [3.63, 3.8) is 0 Å². The van der Waals surface area contributed by atoms with Gasteiger partial charge in [-0.05, 0) is 99.0 Å². The molecule has 0 aliphatic carbocycles. The van der Waals surface area contributed by atoms with Gasteiger partial charge in [0.05, 0.1) is 28.9 Å². The van der Waals surface area contributed by atoms with Crippen LogP contribution in [0.15, 0.2) is 91.0 Å². The number of amides is 1. The number of fused-ring (bicyclic) bond motifs is 1. The molecule has 0 radical (unpaired) electrons. The lowest BCUT2D eigenvalue weighted by atomic mass is 9.94. The highest BCUT2D eigenvalue weighted by Gasteiger charge is 2.21. The summed E-state index contributed by atoms with van der Waals surface area (Å²) in [6, 6.07) is 28.6. The average Bonchev–Trinajstić information content (AvgIpc) is 2.97. The maximum absolute atomic E-state index is 13.8. The van der Waals surface area contributed by atoms with Gasteiger partial charge < -0.3 is 14.8 Å². The van der Waals surface area contributed by atoms with E-state index in [1.165, 1.54) is 0 Å². The molecule has 0 saturated heterocycles. The summed E-state index contributed by atoms with van der Waals surface area (Å²) >= 11 is 0. The van der Waals surface area contributed by atoms with E-state index < -0.39 is 5.97 Å². The molecule has 0 unspecified atom stereocenters. The first kappa shape index (κ1) is 27.6. The minimum absolute atomic E-state index is 0.243. The smallest absolute Gasteiger partial charge is 0.338 e. The van der Waals surface area contributed by atoms with Gasteiger partial charge in [-0.25, -0.2) is 9.78 Å². The second kappa shape index (κ2) is 12.0. The highest BCUT2D eigenvalue weighted by Crippen LogP contribution is 2.33. The molecule has 0 saturated carbocycles. The SMILES string of the molecule is CCOC(=O)c1ccc(NC(=O)c2c(C)c(-c3ccc(OCc4ccccc4)cc3)nc3c(C)cc(C)cc23)cc1. The van der Waals surface area contributed by atoms with E-state index >= 15 is 0 Å². The highest BCUT2D eigenvalue weighted by molar-refractivity contribution is 6.15. The highest BCUT2D eigenvalue weighted by atomic mass is 16.5. The molecule has 5 rings (SSSR count). The first-order valence-corrected chi connectivity index (χ1v) is 13.6. The second-order valence-corrected chi connectivity index (χ2v) is 9.99. The predicted molar refractivity (Wildman–Crippen MR) is 163 cm³/mol. The monoisotopic (exact) mass is 544 g/mol. The number of rotatable bonds is 8. The molecule has 1 amide bonds. The summed E-state index contributed by atoms with van der Waals surface area (Å²) in [5.74, 6) is 0.119. The number of hydrogen-bond acceptors (Lipinski definition) is 5. The number of carbonyl (C=O) groups is 2. The Hall–Kier alpha value is -4.97. The fourth-order valence-electron chi connectivity index (χ4n) is 4.94. The Labute approximate surface area is 240 Å². The third kappa shape index (κ3) is 6.12. The van der Waals surface area contributed by atoms with Crippen molar-refractivity contribution in [2.75, 3.05) is 11.9 Å². The van der Waals surface area contributed by atoms with E-state index in [0.717, 1.165) is 50.2 Å². The largest absolute Gasteiger partial charge is 0.489 e. The quantitative estimate of drug-likeness (QED) is 0.201. The number of ether oxygens (including phenoxy) is 2. The van der Waals surface area contributed by atoms with Crippen LogP contribution in [0.25, 0.3) is 22.2 Å². The summed E-state index contributed by atoms with van der Waals surface area (Å²) < 4.78 is 11.0. The minimum Gasteiger partial charge on any atom is -0.489 e. The van der Waals surface area contributed by atoms with Crippen LogP contribution in [0.4, 0.5) is 5.69 Å². The van der Waals surface area contributed by atoms with Crippen molar-refractivity contribution < 1.29 is 19.1 Å². The molecule has 4 aromatic carbocycles. The first-order chi connectivity index (χ1) is 19.8. The maximum Gasteiger partial charge on any atom is 0.338 e. The lowest BCUT2D eigenvalue weighted by molar-refractivity contribution is 0.0526. The van der Waals surface area contributed by atoms with Gasteiger partial charge in [-0.3, -0.25) is 4.79 Å². The third-order valence-electron chi connectivity index (χ3n) is 6.93. The fourth-order valence-corrected chi connectivity index (χ4v) is 4.94. The minimum atomic E-state index is -0.395. The molecule has 1 N–H and O–H groups in total. The Morgan fingerprint density at radius 1 is 0.854 bits per heavy atom. The molecular weight excluding hydrogens is 512 g/mol. The maximum atomic E-state index is 13.8. The zero-order valence-corrected chi connectivity index (χ0v) is 23.7. The summed E-state index contributed by atoms with van der Waals surface area (Å²) in [4.78, 5) is 30.9. The number of anilines is 1. The van der Waals surface area contributed by atoms with Crippen LogP contribution in [-0.2, 0) is 11.3 Å². The molecule has 5 aromatic rings. The van der Waals surface area contributed by atoms with E-state index in [4.69, 9.17) is 14.5 Å². The zero-order valence-electron chi connectivity index (χ0n) is 23.7. The van der Waals surface area contributed by atoms with Crippen LogP contribution in [0.1, 0.15) is 49.9 Å². The van der Waals surface area contributed by atoms with Crippen molar-refractivity contribution in [2.45, 2.75) is 34.3 Å². The number of hydrogen-bond donors (Lipinski definition) is 1. The standard InChI is InChI=1S/C35H32N2O4/c1-5-40-35(39)27-11-15-28(16-12-27)36-34(38)31-24(4)33(37-32-23(3)19-22(2)20-30(31)32)26-13-17-29(18-14-26)41-21-25-9-7-6-8-10-25/h6-20H,5,21H2,1-4H3,(H,36,38). The Kier molecular flexibility index (Phi) is 8.11. The third-order valence-corrected chi connectivity index (χ3v) is 6.93. The predicted octanol–water partition coefficient (Wildman–Crippen LogP) is 7.84. The van der Waals surface area contributed by atoms with Crippen LogP contribution in [0.5, 0.6) is 5.75 Å². The Morgan fingerprint density at radius 3 is 2.24 bits per heavy atom. The number of aromatic nitrogens is 1. The molecule has 0 aliphatic heterocycles. The van der Waals surface area contributed by atoms with Crippen molar-refractivity contribution >= 4 is 28.5 Å². The average molecular weight is 545 g/mol. The molecule has 41 heavy (non-hydrogen) atoms. The van der Waals surface area contributed by atoms with E-state index in [-0.39, 0.29) is 5.91 Å². The second-order valence-electron chi connectivity index (χ2n) is 9.99. The molecule has 0 atom stereocenters. The zero-order chi connectivity index (χ0) is 28.9. The van der Waals surface area contributed by atoms with Gasteiger partial charge in [-0.15, -0.1) is 0 Å². The Morgan fingerprint density at radius 2 is 1.56 bits per heavy atom. The number of benzene rings is 4. The number of nitrogens with one attached hydrogen (secondary N) is 1. The topological polar surface area (TPSA) is 77.5 Å². The number of esters is 1. The van der Waals surface area contributed by atoms with Crippen LogP contribution in [0.2, 0.25) is 0 Å². The van der Waals surface area contributed by atoms with Gasteiger partial charge in [0.2, 0.25) is 0 Å². The lowest BCUT2D eigenvalue weighted by Crippen LogP contribution is -2.16. The Bertz CT molecular complexity index is 1710. The van der Waals surface area contributed by atoms with Gasteiger partial charge in [0.15, 0.2) is 0 Å². The molecule has 1 heterocycles. The molecule has 0 bridgehead atoms. The van der Waals surface area contributed by atoms with Crippen LogP contribution < -0.4 is 10.1 Å². The summed E-state index contributed by atoms with van der Waals surface area (Å²) in [5.41, 5.74) is 7.92. The van der Waals surface area contributed by atoms with E-state index in [2.05, 4.69) is 11.4 Å². The van der Waals surface area contributed by atoms with Crippen LogP contribution in [0.3, 0.4) is 0 Å². The molecule has 0 aliphatic rings. The molecule has 0 fully saturated rings. The summed E-state index contributed by atoms with van der Waals surface area (Å²) in [6.07, 6.45) is 0. The first-order valence-electron chi connectivity index (χ1n) is 13.6. The molecular formula is C35H32N2O4. The van der Waals surface area contributed by atoms with Gasteiger partial charge in [-0.2, -0.15) is 0 Å².